The largest absolute Gasteiger partial charge is 0.497 e. The number of hydrogen-bond donors (Lipinski definition) is 0. The standard InChI is InChI=1S/C24H26NO2P/c1-17-8-6-9-18(2)23(17)28(26,24-19(3)10-7-11-20(24)4)25-16-21-12-14-22(27-5)15-13-21/h6-16H,1-5H3/b25-16+. The molecule has 144 valence electrons. The van der Waals surface area contributed by atoms with Crippen LogP contribution in [-0.4, -0.2) is 13.3 Å². The summed E-state index contributed by atoms with van der Waals surface area (Å²) in [6.07, 6.45) is 1.72. The molecule has 28 heavy (non-hydrogen) atoms. The molecule has 0 aromatic heterocycles. The van der Waals surface area contributed by atoms with E-state index in [-0.39, 0.29) is 0 Å². The van der Waals surface area contributed by atoms with Crippen LogP contribution in [0.3, 0.4) is 0 Å². The Morgan fingerprint density at radius 3 is 1.57 bits per heavy atom. The molecule has 0 N–H and O–H groups in total. The van der Waals surface area contributed by atoms with Gasteiger partial charge in [0.2, 0.25) is 7.29 Å². The van der Waals surface area contributed by atoms with Gasteiger partial charge in [-0.2, -0.15) is 0 Å². The van der Waals surface area contributed by atoms with Crippen molar-refractivity contribution in [1.82, 2.24) is 0 Å². The summed E-state index contributed by atoms with van der Waals surface area (Å²) in [5.74, 6) is 0.782. The Morgan fingerprint density at radius 1 is 0.750 bits per heavy atom. The average Bonchev–Trinajstić information content (AvgIpc) is 2.66. The Labute approximate surface area is 167 Å². The molecule has 0 bridgehead atoms. The van der Waals surface area contributed by atoms with E-state index in [9.17, 15) is 4.57 Å². The van der Waals surface area contributed by atoms with Crippen LogP contribution in [0.1, 0.15) is 27.8 Å². The summed E-state index contributed by atoms with van der Waals surface area (Å²) in [5.41, 5.74) is 4.88. The minimum Gasteiger partial charge on any atom is -0.497 e. The maximum atomic E-state index is 14.6. The molecule has 0 saturated heterocycles. The zero-order chi connectivity index (χ0) is 20.3. The van der Waals surface area contributed by atoms with Gasteiger partial charge in [0.1, 0.15) is 5.75 Å². The summed E-state index contributed by atoms with van der Waals surface area (Å²) in [4.78, 5) is 0. The summed E-state index contributed by atoms with van der Waals surface area (Å²) >= 11 is 0. The van der Waals surface area contributed by atoms with Gasteiger partial charge in [0, 0.05) is 16.8 Å². The summed E-state index contributed by atoms with van der Waals surface area (Å²) in [7, 11) is -1.58. The number of ether oxygens (including phenoxy) is 1. The first-order valence-electron chi connectivity index (χ1n) is 9.30. The van der Waals surface area contributed by atoms with E-state index in [1.807, 2.05) is 88.4 Å². The second kappa shape index (κ2) is 8.16. The maximum Gasteiger partial charge on any atom is 0.248 e. The molecule has 3 rings (SSSR count). The lowest BCUT2D eigenvalue weighted by atomic mass is 10.1. The molecular weight excluding hydrogens is 365 g/mol. The lowest BCUT2D eigenvalue weighted by Gasteiger charge is -2.22. The molecule has 0 fully saturated rings. The molecule has 0 aliphatic heterocycles. The first kappa shape index (κ1) is 20.1. The summed E-state index contributed by atoms with van der Waals surface area (Å²) < 4.78 is 24.5. The van der Waals surface area contributed by atoms with Crippen LogP contribution in [0.15, 0.2) is 65.4 Å². The van der Waals surface area contributed by atoms with E-state index in [0.717, 1.165) is 44.2 Å². The topological polar surface area (TPSA) is 38.7 Å². The molecule has 0 aliphatic rings. The van der Waals surface area contributed by atoms with Crippen LogP contribution < -0.4 is 15.3 Å². The third-order valence-corrected chi connectivity index (χ3v) is 8.03. The fraction of sp³-hybridized carbons (Fsp3) is 0.208. The zero-order valence-corrected chi connectivity index (χ0v) is 18.0. The third-order valence-electron chi connectivity index (χ3n) is 4.97. The van der Waals surface area contributed by atoms with Crippen LogP contribution in [0.25, 0.3) is 0 Å². The number of methoxy groups -OCH3 is 1. The molecular formula is C24H26NO2P. The maximum absolute atomic E-state index is 14.6. The lowest BCUT2D eigenvalue weighted by Crippen LogP contribution is -2.23. The van der Waals surface area contributed by atoms with Gasteiger partial charge >= 0.3 is 0 Å². The highest BCUT2D eigenvalue weighted by molar-refractivity contribution is 7.78. The minimum absolute atomic E-state index is 0.782. The molecule has 4 heteroatoms. The number of aryl methyl sites for hydroxylation is 4. The molecule has 0 atom stereocenters. The van der Waals surface area contributed by atoms with Crippen molar-refractivity contribution in [2.24, 2.45) is 4.76 Å². The molecule has 3 nitrogen and oxygen atoms in total. The highest BCUT2D eigenvalue weighted by atomic mass is 31.2. The van der Waals surface area contributed by atoms with Crippen LogP contribution in [0.2, 0.25) is 0 Å². The predicted molar refractivity (Wildman–Crippen MR) is 119 cm³/mol. The van der Waals surface area contributed by atoms with Crippen molar-refractivity contribution >= 4 is 24.1 Å². The van der Waals surface area contributed by atoms with Crippen molar-refractivity contribution in [3.05, 3.63) is 88.5 Å². The first-order chi connectivity index (χ1) is 13.4. The Kier molecular flexibility index (Phi) is 5.86. The van der Waals surface area contributed by atoms with Gasteiger partial charge in [0.05, 0.1) is 7.11 Å². The quantitative estimate of drug-likeness (QED) is 0.439. The van der Waals surface area contributed by atoms with E-state index in [1.165, 1.54) is 0 Å². The van der Waals surface area contributed by atoms with Gasteiger partial charge in [-0.15, -0.1) is 0 Å². The van der Waals surface area contributed by atoms with E-state index in [2.05, 4.69) is 0 Å². The van der Waals surface area contributed by atoms with Gasteiger partial charge in [0.25, 0.3) is 0 Å². The number of nitrogens with zero attached hydrogens (tertiary/aromatic N) is 1. The van der Waals surface area contributed by atoms with Crippen molar-refractivity contribution in [2.45, 2.75) is 27.7 Å². The Balaban J connectivity index is 2.23. The van der Waals surface area contributed by atoms with Gasteiger partial charge in [-0.1, -0.05) is 36.4 Å². The van der Waals surface area contributed by atoms with Gasteiger partial charge in [-0.3, -0.25) is 4.57 Å². The lowest BCUT2D eigenvalue weighted by molar-refractivity contribution is 0.415. The van der Waals surface area contributed by atoms with Crippen molar-refractivity contribution in [1.29, 1.82) is 0 Å². The number of benzene rings is 3. The smallest absolute Gasteiger partial charge is 0.248 e. The van der Waals surface area contributed by atoms with Crippen LogP contribution in [0.4, 0.5) is 0 Å². The molecule has 0 heterocycles. The summed E-state index contributed by atoms with van der Waals surface area (Å²) in [6, 6.07) is 19.6. The van der Waals surface area contributed by atoms with Gasteiger partial charge < -0.3 is 4.74 Å². The first-order valence-corrected chi connectivity index (χ1v) is 11.0. The van der Waals surface area contributed by atoms with E-state index in [4.69, 9.17) is 9.50 Å². The van der Waals surface area contributed by atoms with Gasteiger partial charge in [-0.05, 0) is 79.8 Å². The molecule has 0 amide bonds. The summed E-state index contributed by atoms with van der Waals surface area (Å²) in [6.45, 7) is 8.02. The van der Waals surface area contributed by atoms with Crippen molar-refractivity contribution < 1.29 is 9.30 Å². The van der Waals surface area contributed by atoms with Crippen molar-refractivity contribution in [3.63, 3.8) is 0 Å². The average molecular weight is 391 g/mol. The highest BCUT2D eigenvalue weighted by Crippen LogP contribution is 2.48. The van der Waals surface area contributed by atoms with Crippen LogP contribution in [0.5, 0.6) is 5.75 Å². The van der Waals surface area contributed by atoms with Crippen molar-refractivity contribution in [3.8, 4) is 5.75 Å². The zero-order valence-electron chi connectivity index (χ0n) is 17.1. The minimum atomic E-state index is -3.22. The van der Waals surface area contributed by atoms with E-state index in [0.29, 0.717) is 0 Å². The molecule has 3 aromatic rings. The normalized spacial score (nSPS) is 11.8. The molecule has 0 aliphatic carbocycles. The van der Waals surface area contributed by atoms with Gasteiger partial charge in [-0.25, -0.2) is 4.76 Å². The molecule has 0 radical (unpaired) electrons. The molecule has 3 aromatic carbocycles. The fourth-order valence-corrected chi connectivity index (χ4v) is 6.59. The summed E-state index contributed by atoms with van der Waals surface area (Å²) in [5, 5.41) is 1.66. The van der Waals surface area contributed by atoms with E-state index in [1.54, 1.807) is 13.3 Å². The monoisotopic (exact) mass is 391 g/mol. The predicted octanol–water partition coefficient (Wildman–Crippen LogP) is 5.28. The van der Waals surface area contributed by atoms with Gasteiger partial charge in [0.15, 0.2) is 0 Å². The Bertz CT molecular complexity index is 972. The van der Waals surface area contributed by atoms with Crippen LogP contribution >= 0.6 is 7.29 Å². The fourth-order valence-electron chi connectivity index (χ4n) is 3.63. The van der Waals surface area contributed by atoms with E-state index < -0.39 is 7.29 Å². The molecule has 0 saturated carbocycles. The number of rotatable bonds is 5. The van der Waals surface area contributed by atoms with E-state index >= 15 is 0 Å². The van der Waals surface area contributed by atoms with Crippen LogP contribution in [-0.2, 0) is 4.57 Å². The highest BCUT2D eigenvalue weighted by Gasteiger charge is 2.32. The molecule has 0 unspecified atom stereocenters. The second-order valence-electron chi connectivity index (χ2n) is 7.07. The Morgan fingerprint density at radius 2 is 1.18 bits per heavy atom. The van der Waals surface area contributed by atoms with Crippen LogP contribution in [0, 0.1) is 27.7 Å². The molecule has 0 spiro atoms. The third kappa shape index (κ3) is 3.81. The number of hydrogen-bond acceptors (Lipinski definition) is 2. The Hall–Kier alpha value is -2.64. The van der Waals surface area contributed by atoms with Crippen molar-refractivity contribution in [2.75, 3.05) is 7.11 Å². The SMILES string of the molecule is COc1ccc(/C=N/P(=O)(c2c(C)cccc2C)c2c(C)cccc2C)cc1. The second-order valence-corrected chi connectivity index (χ2v) is 9.35.